The molecule has 166 valence electrons. The van der Waals surface area contributed by atoms with Gasteiger partial charge in [0.15, 0.2) is 23.0 Å². The van der Waals surface area contributed by atoms with Crippen LogP contribution in [0.3, 0.4) is 0 Å². The number of methoxy groups -OCH3 is 2. The standard InChI is InChI=1S/C24H22O8/c1-13-17(23(27)28)11-18(21(26)22(13)31-3)15-6-4-5-14(9-15)12-32-24(29)16-7-8-19(25)20(10-16)30-2/h4-11,25-26H,12H2,1-3H3,(H,27,28). The third-order valence-electron chi connectivity index (χ3n) is 4.96. The van der Waals surface area contributed by atoms with Crippen LogP contribution in [0.5, 0.6) is 23.0 Å². The molecule has 0 aliphatic rings. The normalized spacial score (nSPS) is 10.5. The minimum atomic E-state index is -1.14. The number of hydrogen-bond donors (Lipinski definition) is 3. The molecule has 3 N–H and O–H groups in total. The molecule has 0 fully saturated rings. The maximum absolute atomic E-state index is 12.4. The van der Waals surface area contributed by atoms with Crippen molar-refractivity contribution < 1.29 is 39.1 Å². The van der Waals surface area contributed by atoms with Gasteiger partial charge in [-0.15, -0.1) is 0 Å². The summed E-state index contributed by atoms with van der Waals surface area (Å²) in [5.41, 5.74) is 1.97. The van der Waals surface area contributed by atoms with Crippen LogP contribution in [0.2, 0.25) is 0 Å². The molecule has 32 heavy (non-hydrogen) atoms. The van der Waals surface area contributed by atoms with Gasteiger partial charge in [-0.3, -0.25) is 0 Å². The van der Waals surface area contributed by atoms with Gasteiger partial charge in [0, 0.05) is 11.1 Å². The second-order valence-electron chi connectivity index (χ2n) is 6.95. The summed E-state index contributed by atoms with van der Waals surface area (Å²) in [6.45, 7) is 1.49. The maximum Gasteiger partial charge on any atom is 0.338 e. The van der Waals surface area contributed by atoms with Crippen molar-refractivity contribution >= 4 is 11.9 Å². The van der Waals surface area contributed by atoms with Gasteiger partial charge in [0.05, 0.1) is 25.3 Å². The van der Waals surface area contributed by atoms with Gasteiger partial charge in [0.2, 0.25) is 0 Å². The highest BCUT2D eigenvalue weighted by atomic mass is 16.5. The third kappa shape index (κ3) is 4.44. The van der Waals surface area contributed by atoms with E-state index in [9.17, 15) is 24.9 Å². The van der Waals surface area contributed by atoms with Gasteiger partial charge in [-0.05, 0) is 48.4 Å². The van der Waals surface area contributed by atoms with Gasteiger partial charge >= 0.3 is 11.9 Å². The highest BCUT2D eigenvalue weighted by Crippen LogP contribution is 2.41. The number of benzene rings is 3. The van der Waals surface area contributed by atoms with E-state index in [0.29, 0.717) is 16.7 Å². The minimum absolute atomic E-state index is 0.00718. The van der Waals surface area contributed by atoms with E-state index < -0.39 is 11.9 Å². The molecule has 8 heteroatoms. The molecule has 0 atom stereocenters. The average Bonchev–Trinajstić information content (AvgIpc) is 2.78. The molecule has 0 aliphatic heterocycles. The smallest absolute Gasteiger partial charge is 0.338 e. The van der Waals surface area contributed by atoms with E-state index in [4.69, 9.17) is 14.2 Å². The Bertz CT molecular complexity index is 1180. The Labute approximate surface area is 184 Å². The predicted molar refractivity (Wildman–Crippen MR) is 116 cm³/mol. The highest BCUT2D eigenvalue weighted by Gasteiger charge is 2.20. The molecule has 3 aromatic rings. The van der Waals surface area contributed by atoms with Crippen LogP contribution in [0, 0.1) is 6.92 Å². The zero-order valence-electron chi connectivity index (χ0n) is 17.7. The van der Waals surface area contributed by atoms with Crippen LogP contribution in [-0.2, 0) is 11.3 Å². The number of carboxylic acid groups (broad SMARTS) is 1. The van der Waals surface area contributed by atoms with Gasteiger partial charge in [0.25, 0.3) is 0 Å². The van der Waals surface area contributed by atoms with Gasteiger partial charge in [0.1, 0.15) is 6.61 Å². The van der Waals surface area contributed by atoms with Crippen LogP contribution in [-0.4, -0.2) is 41.5 Å². The van der Waals surface area contributed by atoms with Crippen LogP contribution in [0.25, 0.3) is 11.1 Å². The molecule has 0 spiro atoms. The monoisotopic (exact) mass is 438 g/mol. The summed E-state index contributed by atoms with van der Waals surface area (Å²) in [6, 6.07) is 12.3. The van der Waals surface area contributed by atoms with Gasteiger partial charge in [-0.1, -0.05) is 18.2 Å². The topological polar surface area (TPSA) is 123 Å². The van der Waals surface area contributed by atoms with Gasteiger partial charge in [-0.25, -0.2) is 9.59 Å². The molecule has 0 heterocycles. The van der Waals surface area contributed by atoms with Crippen LogP contribution < -0.4 is 9.47 Å². The number of phenolic OH excluding ortho intramolecular Hbond substituents is 2. The number of hydrogen-bond acceptors (Lipinski definition) is 7. The quantitative estimate of drug-likeness (QED) is 0.470. The van der Waals surface area contributed by atoms with Crippen molar-refractivity contribution in [2.24, 2.45) is 0 Å². The van der Waals surface area contributed by atoms with E-state index in [1.165, 1.54) is 38.5 Å². The van der Waals surface area contributed by atoms with Crippen molar-refractivity contribution in [1.29, 1.82) is 0 Å². The number of esters is 1. The van der Waals surface area contributed by atoms with E-state index in [1.54, 1.807) is 31.2 Å². The van der Waals surface area contributed by atoms with E-state index >= 15 is 0 Å². The molecule has 0 unspecified atom stereocenters. The Hall–Kier alpha value is -4.20. The largest absolute Gasteiger partial charge is 0.504 e. The number of aromatic hydroxyl groups is 2. The number of carbonyl (C=O) groups is 2. The molecule has 8 nitrogen and oxygen atoms in total. The minimum Gasteiger partial charge on any atom is -0.504 e. The number of ether oxygens (including phenoxy) is 3. The van der Waals surface area contributed by atoms with Gasteiger partial charge in [-0.2, -0.15) is 0 Å². The lowest BCUT2D eigenvalue weighted by molar-refractivity contribution is 0.0472. The zero-order valence-corrected chi connectivity index (χ0v) is 17.7. The molecule has 0 aromatic heterocycles. The summed E-state index contributed by atoms with van der Waals surface area (Å²) >= 11 is 0. The fourth-order valence-electron chi connectivity index (χ4n) is 3.30. The van der Waals surface area contributed by atoms with Crippen molar-refractivity contribution in [2.45, 2.75) is 13.5 Å². The number of phenols is 2. The fourth-order valence-corrected chi connectivity index (χ4v) is 3.30. The molecule has 3 aromatic carbocycles. The summed E-state index contributed by atoms with van der Waals surface area (Å²) < 4.78 is 15.5. The van der Waals surface area contributed by atoms with Crippen molar-refractivity contribution in [3.63, 3.8) is 0 Å². The number of carbonyl (C=O) groups excluding carboxylic acids is 1. The first-order valence-electron chi connectivity index (χ1n) is 9.54. The van der Waals surface area contributed by atoms with Crippen LogP contribution in [0.4, 0.5) is 0 Å². The SMILES string of the molecule is COc1cc(C(=O)OCc2cccc(-c3cc(C(=O)O)c(C)c(OC)c3O)c2)ccc1O. The Morgan fingerprint density at radius 3 is 2.38 bits per heavy atom. The van der Waals surface area contributed by atoms with E-state index in [-0.39, 0.29) is 46.3 Å². The van der Waals surface area contributed by atoms with E-state index in [0.717, 1.165) is 0 Å². The number of rotatable bonds is 7. The Balaban J connectivity index is 1.87. The first-order chi connectivity index (χ1) is 15.3. The molecule has 0 aliphatic carbocycles. The summed E-state index contributed by atoms with van der Waals surface area (Å²) in [6.07, 6.45) is 0. The molecule has 0 amide bonds. The lowest BCUT2D eigenvalue weighted by atomic mass is 9.96. The second-order valence-corrected chi connectivity index (χ2v) is 6.95. The Morgan fingerprint density at radius 1 is 0.969 bits per heavy atom. The zero-order chi connectivity index (χ0) is 23.4. The van der Waals surface area contributed by atoms with Crippen LogP contribution in [0.15, 0.2) is 48.5 Å². The lowest BCUT2D eigenvalue weighted by Crippen LogP contribution is -2.06. The van der Waals surface area contributed by atoms with E-state index in [2.05, 4.69) is 0 Å². The third-order valence-corrected chi connectivity index (χ3v) is 4.96. The Kier molecular flexibility index (Phi) is 6.53. The van der Waals surface area contributed by atoms with Crippen molar-refractivity contribution in [2.75, 3.05) is 14.2 Å². The second kappa shape index (κ2) is 9.30. The fraction of sp³-hybridized carbons (Fsp3) is 0.167. The summed E-state index contributed by atoms with van der Waals surface area (Å²) in [5.74, 6) is -1.79. The summed E-state index contributed by atoms with van der Waals surface area (Å²) in [7, 11) is 2.73. The average molecular weight is 438 g/mol. The molecule has 0 saturated carbocycles. The summed E-state index contributed by atoms with van der Waals surface area (Å²) in [4.78, 5) is 24.0. The lowest BCUT2D eigenvalue weighted by Gasteiger charge is -2.15. The Morgan fingerprint density at radius 2 is 1.72 bits per heavy atom. The maximum atomic E-state index is 12.4. The predicted octanol–water partition coefficient (Wildman–Crippen LogP) is 4.15. The van der Waals surface area contributed by atoms with E-state index in [1.807, 2.05) is 0 Å². The van der Waals surface area contributed by atoms with Crippen molar-refractivity contribution in [1.82, 2.24) is 0 Å². The molecule has 0 radical (unpaired) electrons. The number of aromatic carboxylic acids is 1. The first-order valence-corrected chi connectivity index (χ1v) is 9.54. The van der Waals surface area contributed by atoms with Crippen LogP contribution >= 0.6 is 0 Å². The van der Waals surface area contributed by atoms with Gasteiger partial charge < -0.3 is 29.5 Å². The first kappa shape index (κ1) is 22.5. The highest BCUT2D eigenvalue weighted by molar-refractivity contribution is 5.94. The van der Waals surface area contributed by atoms with Crippen molar-refractivity contribution in [3.05, 3.63) is 70.8 Å². The molecule has 0 bridgehead atoms. The molecule has 3 rings (SSSR count). The van der Waals surface area contributed by atoms with Crippen molar-refractivity contribution in [3.8, 4) is 34.1 Å². The van der Waals surface area contributed by atoms with Crippen LogP contribution in [0.1, 0.15) is 31.8 Å². The molecular weight excluding hydrogens is 416 g/mol. The molecular formula is C24H22O8. The molecule has 0 saturated heterocycles. The number of carboxylic acids is 1. The summed E-state index contributed by atoms with van der Waals surface area (Å²) in [5, 5.41) is 29.8.